The van der Waals surface area contributed by atoms with E-state index in [9.17, 15) is 0 Å². The van der Waals surface area contributed by atoms with Crippen molar-refractivity contribution < 1.29 is 0 Å². The maximum absolute atomic E-state index is 6.40. The molecule has 3 N–H and O–H groups in total. The fraction of sp³-hybridized carbons (Fsp3) is 0. The van der Waals surface area contributed by atoms with Crippen LogP contribution < -0.4 is 5.84 Å². The van der Waals surface area contributed by atoms with Crippen molar-refractivity contribution >= 4 is 68.0 Å². The number of nitrogens with two attached hydrogens (primary N) is 1. The van der Waals surface area contributed by atoms with Crippen LogP contribution in [0, 0.1) is 9.02 Å². The number of nitrogens with one attached hydrogen (secondary N) is 1. The predicted molar refractivity (Wildman–Crippen MR) is 111 cm³/mol. The molecule has 0 fully saturated rings. The van der Waals surface area contributed by atoms with Crippen LogP contribution in [0.15, 0.2) is 60.7 Å². The third-order valence-electron chi connectivity index (χ3n) is 4.73. The average molecular weight is 359 g/mol. The van der Waals surface area contributed by atoms with Gasteiger partial charge in [0.25, 0.3) is 0 Å². The number of pyridine rings is 2. The molecular formula is C20H13N3S2. The first kappa shape index (κ1) is 14.6. The molecule has 0 aliphatic heterocycles. The number of fused-ring (bicyclic) bond motifs is 4. The van der Waals surface area contributed by atoms with Gasteiger partial charge < -0.3 is 10.8 Å². The van der Waals surface area contributed by atoms with Crippen LogP contribution in [-0.2, 0) is 0 Å². The van der Waals surface area contributed by atoms with Crippen molar-refractivity contribution in [1.29, 1.82) is 0 Å². The summed E-state index contributed by atoms with van der Waals surface area (Å²) in [6, 6.07) is 20.1. The number of hydrogen-bond acceptors (Lipinski definition) is 3. The van der Waals surface area contributed by atoms with Crippen LogP contribution in [0.3, 0.4) is 0 Å². The first-order chi connectivity index (χ1) is 12.1. The maximum Gasteiger partial charge on any atom is 0.0719 e. The van der Waals surface area contributed by atoms with Gasteiger partial charge in [-0.05, 0) is 24.3 Å². The lowest BCUT2D eigenvalue weighted by Crippen LogP contribution is -2.11. The summed E-state index contributed by atoms with van der Waals surface area (Å²) in [6.07, 6.45) is 0. The molecule has 5 heteroatoms. The molecule has 0 amide bonds. The highest BCUT2D eigenvalue weighted by molar-refractivity contribution is 7.72. The summed E-state index contributed by atoms with van der Waals surface area (Å²) in [7, 11) is 0. The van der Waals surface area contributed by atoms with Gasteiger partial charge in [0, 0.05) is 32.6 Å². The van der Waals surface area contributed by atoms with Gasteiger partial charge in [-0.25, -0.2) is 0 Å². The van der Waals surface area contributed by atoms with Crippen LogP contribution in [-0.4, -0.2) is 9.66 Å². The minimum Gasteiger partial charge on any atom is -0.354 e. The number of aromatic amines is 1. The van der Waals surface area contributed by atoms with E-state index >= 15 is 0 Å². The summed E-state index contributed by atoms with van der Waals surface area (Å²) < 4.78 is 3.33. The van der Waals surface area contributed by atoms with E-state index < -0.39 is 0 Å². The number of benzene rings is 3. The van der Waals surface area contributed by atoms with E-state index in [4.69, 9.17) is 30.3 Å². The molecule has 0 atom stereocenters. The van der Waals surface area contributed by atoms with Gasteiger partial charge in [-0.1, -0.05) is 60.8 Å². The van der Waals surface area contributed by atoms with E-state index in [1.54, 1.807) is 4.68 Å². The number of nitrogens with zero attached hydrogens (tertiary/aromatic N) is 1. The molecule has 3 aromatic carbocycles. The van der Waals surface area contributed by atoms with Crippen LogP contribution in [0.4, 0.5) is 0 Å². The Morgan fingerprint density at radius 1 is 0.680 bits per heavy atom. The molecule has 5 rings (SSSR count). The van der Waals surface area contributed by atoms with Crippen LogP contribution in [0.2, 0.25) is 0 Å². The van der Waals surface area contributed by atoms with Gasteiger partial charge in [0.05, 0.1) is 20.1 Å². The molecule has 2 aromatic heterocycles. The zero-order chi connectivity index (χ0) is 17.1. The van der Waals surface area contributed by atoms with Gasteiger partial charge in [0.2, 0.25) is 0 Å². The first-order valence-corrected chi connectivity index (χ1v) is 8.74. The van der Waals surface area contributed by atoms with Crippen molar-refractivity contribution in [2.24, 2.45) is 0 Å². The number of hydrogen-bond donors (Lipinski definition) is 2. The molecule has 2 heterocycles. The monoisotopic (exact) mass is 359 g/mol. The van der Waals surface area contributed by atoms with E-state index in [0.717, 1.165) is 52.6 Å². The second kappa shape index (κ2) is 5.12. The number of aromatic nitrogens is 2. The van der Waals surface area contributed by atoms with Crippen LogP contribution in [0.25, 0.3) is 43.6 Å². The number of rotatable bonds is 0. The van der Waals surface area contributed by atoms with E-state index in [1.165, 1.54) is 0 Å². The van der Waals surface area contributed by atoms with Crippen molar-refractivity contribution in [3.63, 3.8) is 0 Å². The van der Waals surface area contributed by atoms with Crippen LogP contribution >= 0.6 is 24.4 Å². The van der Waals surface area contributed by atoms with Crippen molar-refractivity contribution in [2.75, 3.05) is 5.84 Å². The van der Waals surface area contributed by atoms with Crippen molar-refractivity contribution in [1.82, 2.24) is 9.66 Å². The van der Waals surface area contributed by atoms with Crippen molar-refractivity contribution in [3.05, 3.63) is 69.7 Å². The fourth-order valence-corrected chi connectivity index (χ4v) is 4.17. The third-order valence-corrected chi connectivity index (χ3v) is 5.61. The van der Waals surface area contributed by atoms with E-state index in [2.05, 4.69) is 11.1 Å². The largest absolute Gasteiger partial charge is 0.354 e. The predicted octanol–water partition coefficient (Wildman–Crippen LogP) is 5.60. The molecule has 5 aromatic rings. The molecule has 25 heavy (non-hydrogen) atoms. The molecular weight excluding hydrogens is 346 g/mol. The minimum absolute atomic E-state index is 0.807. The average Bonchev–Trinajstić information content (AvgIpc) is 2.65. The maximum atomic E-state index is 6.40. The lowest BCUT2D eigenvalue weighted by atomic mass is 10.1. The standard InChI is InChI=1S/C20H13N3S2/c21-23-17-8-4-2-6-12(17)20(25)14-9-16-13(10-18(14)23)19(24)11-5-1-3-7-15(11)22-16/h1-10H,21H2,(H,22,24). The number of nitrogen functional groups attached to an aromatic ring is 1. The van der Waals surface area contributed by atoms with Gasteiger partial charge in [0.15, 0.2) is 0 Å². The molecule has 0 saturated carbocycles. The Balaban J connectivity index is 2.09. The van der Waals surface area contributed by atoms with Gasteiger partial charge in [-0.3, -0.25) is 4.68 Å². The topological polar surface area (TPSA) is 46.7 Å². The summed E-state index contributed by atoms with van der Waals surface area (Å²) in [5.41, 5.74) is 3.78. The molecule has 0 saturated heterocycles. The highest BCUT2D eigenvalue weighted by Gasteiger charge is 2.10. The van der Waals surface area contributed by atoms with Gasteiger partial charge in [0.1, 0.15) is 0 Å². The number of para-hydroxylation sites is 2. The zero-order valence-corrected chi connectivity index (χ0v) is 14.7. The van der Waals surface area contributed by atoms with E-state index in [1.807, 2.05) is 54.6 Å². The minimum atomic E-state index is 0.807. The summed E-state index contributed by atoms with van der Waals surface area (Å²) in [4.78, 5) is 3.47. The molecule has 3 nitrogen and oxygen atoms in total. The fourth-order valence-electron chi connectivity index (χ4n) is 3.49. The highest BCUT2D eigenvalue weighted by atomic mass is 32.1. The highest BCUT2D eigenvalue weighted by Crippen LogP contribution is 2.30. The van der Waals surface area contributed by atoms with E-state index in [-0.39, 0.29) is 0 Å². The van der Waals surface area contributed by atoms with Crippen molar-refractivity contribution in [3.8, 4) is 0 Å². The lowest BCUT2D eigenvalue weighted by Gasteiger charge is -2.13. The molecule has 0 aliphatic carbocycles. The lowest BCUT2D eigenvalue weighted by molar-refractivity contribution is 1.11. The second-order valence-corrected chi connectivity index (χ2v) is 6.95. The smallest absolute Gasteiger partial charge is 0.0719 e. The summed E-state index contributed by atoms with van der Waals surface area (Å²) in [6.45, 7) is 0. The first-order valence-electron chi connectivity index (χ1n) is 7.92. The Kier molecular flexibility index (Phi) is 2.98. The zero-order valence-electron chi connectivity index (χ0n) is 13.1. The molecule has 0 unspecified atom stereocenters. The van der Waals surface area contributed by atoms with Gasteiger partial charge >= 0.3 is 0 Å². The summed E-state index contributed by atoms with van der Waals surface area (Å²) in [5, 5.41) is 3.94. The Morgan fingerprint density at radius 2 is 1.36 bits per heavy atom. The Hall–Kier alpha value is -2.76. The third kappa shape index (κ3) is 1.97. The molecule has 0 bridgehead atoms. The Bertz CT molecular complexity index is 1440. The van der Waals surface area contributed by atoms with Gasteiger partial charge in [-0.2, -0.15) is 0 Å². The van der Waals surface area contributed by atoms with Crippen LogP contribution in [0.5, 0.6) is 0 Å². The summed E-state index contributed by atoms with van der Waals surface area (Å²) in [5.74, 6) is 6.40. The Labute approximate surface area is 153 Å². The van der Waals surface area contributed by atoms with Gasteiger partial charge in [-0.15, -0.1) is 0 Å². The molecule has 0 radical (unpaired) electrons. The Morgan fingerprint density at radius 3 is 2.20 bits per heavy atom. The van der Waals surface area contributed by atoms with Crippen LogP contribution in [0.1, 0.15) is 0 Å². The molecule has 120 valence electrons. The molecule has 0 spiro atoms. The number of H-pyrrole nitrogens is 1. The summed E-state index contributed by atoms with van der Waals surface area (Å²) >= 11 is 11.5. The second-order valence-electron chi connectivity index (χ2n) is 6.13. The van der Waals surface area contributed by atoms with Crippen molar-refractivity contribution in [2.45, 2.75) is 0 Å². The molecule has 0 aliphatic rings. The normalized spacial score (nSPS) is 11.7. The SMILES string of the molecule is Nn1c2ccccc2c(=S)c2cc3[nH]c4ccccc4c(=S)c3cc21. The van der Waals surface area contributed by atoms with E-state index in [0.29, 0.717) is 0 Å². The quantitative estimate of drug-likeness (QED) is 0.215.